The molecule has 0 radical (unpaired) electrons. The summed E-state index contributed by atoms with van der Waals surface area (Å²) in [5.41, 5.74) is 2.19. The highest BCUT2D eigenvalue weighted by Gasteiger charge is 2.25. The fraction of sp³-hybridized carbons (Fsp3) is 0.389. The molecule has 0 aliphatic carbocycles. The summed E-state index contributed by atoms with van der Waals surface area (Å²) < 4.78 is 30.9. The molecule has 0 aliphatic heterocycles. The first-order chi connectivity index (χ1) is 12.5. The number of carbonyl (C=O) groups excluding carboxylic acids is 2. The first-order valence-corrected chi connectivity index (χ1v) is 10.1. The third-order valence-corrected chi connectivity index (χ3v) is 5.76. The van der Waals surface area contributed by atoms with Crippen LogP contribution >= 0.6 is 0 Å². The number of ketones is 1. The predicted octanol–water partition coefficient (Wildman–Crippen LogP) is 1.10. The predicted molar refractivity (Wildman–Crippen MR) is 100.0 cm³/mol. The second-order valence-corrected chi connectivity index (χ2v) is 8.32. The van der Waals surface area contributed by atoms with E-state index in [1.807, 2.05) is 0 Å². The van der Waals surface area contributed by atoms with E-state index in [1.54, 1.807) is 33.9 Å². The minimum atomic E-state index is -3.42. The number of sulfone groups is 1. The Morgan fingerprint density at radius 2 is 1.81 bits per heavy atom. The molecular formula is C18H23N3O5S. The van der Waals surface area contributed by atoms with Gasteiger partial charge in [0, 0.05) is 25.9 Å². The molecule has 1 amide bonds. The summed E-state index contributed by atoms with van der Waals surface area (Å²) in [5, 5.41) is 6.48. The van der Waals surface area contributed by atoms with Gasteiger partial charge in [0.2, 0.25) is 5.88 Å². The monoisotopic (exact) mass is 393 g/mol. The summed E-state index contributed by atoms with van der Waals surface area (Å²) in [7, 11) is -0.327. The Kier molecular flexibility index (Phi) is 5.74. The normalized spacial score (nSPS) is 11.3. The van der Waals surface area contributed by atoms with E-state index in [1.165, 1.54) is 17.9 Å². The lowest BCUT2D eigenvalue weighted by molar-refractivity contribution is -0.122. The van der Waals surface area contributed by atoms with Gasteiger partial charge in [0.1, 0.15) is 5.56 Å². The second kappa shape index (κ2) is 7.51. The molecule has 1 N–H and O–H groups in total. The topological polar surface area (TPSA) is 107 Å². The van der Waals surface area contributed by atoms with Crippen LogP contribution in [-0.2, 0) is 21.7 Å². The van der Waals surface area contributed by atoms with E-state index in [2.05, 4.69) is 10.4 Å². The van der Waals surface area contributed by atoms with E-state index < -0.39 is 9.84 Å². The van der Waals surface area contributed by atoms with E-state index in [9.17, 15) is 18.0 Å². The van der Waals surface area contributed by atoms with E-state index in [-0.39, 0.29) is 34.6 Å². The van der Waals surface area contributed by atoms with Crippen molar-refractivity contribution < 1.29 is 22.7 Å². The largest absolute Gasteiger partial charge is 0.467 e. The van der Waals surface area contributed by atoms with Crippen LogP contribution in [0.5, 0.6) is 5.88 Å². The molecule has 0 saturated carbocycles. The van der Waals surface area contributed by atoms with Crippen molar-refractivity contribution in [2.24, 2.45) is 7.05 Å². The van der Waals surface area contributed by atoms with E-state index in [0.717, 1.165) is 6.26 Å². The third-order valence-electron chi connectivity index (χ3n) is 4.39. The number of rotatable bonds is 6. The first kappa shape index (κ1) is 20.6. The molecule has 8 nitrogen and oxygen atoms in total. The Labute approximate surface area is 158 Å². The van der Waals surface area contributed by atoms with Crippen LogP contribution in [0.25, 0.3) is 0 Å². The summed E-state index contributed by atoms with van der Waals surface area (Å²) in [6, 6.07) is 1.57. The lowest BCUT2D eigenvalue weighted by Crippen LogP contribution is -2.25. The number of aryl methyl sites for hydroxylation is 2. The van der Waals surface area contributed by atoms with Crippen molar-refractivity contribution in [1.29, 1.82) is 0 Å². The van der Waals surface area contributed by atoms with Crippen molar-refractivity contribution >= 4 is 21.5 Å². The summed E-state index contributed by atoms with van der Waals surface area (Å²) in [6.07, 6.45) is 2.52. The van der Waals surface area contributed by atoms with Crippen molar-refractivity contribution in [3.63, 3.8) is 0 Å². The number of benzene rings is 1. The van der Waals surface area contributed by atoms with Crippen LogP contribution in [0.1, 0.15) is 32.6 Å². The molecule has 9 heteroatoms. The van der Waals surface area contributed by atoms with Crippen LogP contribution in [-0.4, -0.2) is 49.8 Å². The molecule has 1 heterocycles. The van der Waals surface area contributed by atoms with Gasteiger partial charge in [-0.05, 0) is 43.5 Å². The molecule has 2 aromatic rings. The van der Waals surface area contributed by atoms with Crippen molar-refractivity contribution in [3.05, 3.63) is 40.1 Å². The van der Waals surface area contributed by atoms with Gasteiger partial charge in [0.15, 0.2) is 22.2 Å². The van der Waals surface area contributed by atoms with Crippen LogP contribution in [0, 0.1) is 20.8 Å². The van der Waals surface area contributed by atoms with E-state index in [0.29, 0.717) is 22.3 Å². The molecule has 0 bridgehead atoms. The molecule has 0 atom stereocenters. The van der Waals surface area contributed by atoms with Gasteiger partial charge in [0.05, 0.1) is 11.1 Å². The van der Waals surface area contributed by atoms with Gasteiger partial charge < -0.3 is 10.1 Å². The van der Waals surface area contributed by atoms with Crippen molar-refractivity contribution in [1.82, 2.24) is 15.1 Å². The van der Waals surface area contributed by atoms with Crippen molar-refractivity contribution in [3.8, 4) is 5.88 Å². The lowest BCUT2D eigenvalue weighted by Gasteiger charge is -2.15. The molecule has 2 rings (SSSR count). The molecule has 0 saturated heterocycles. The van der Waals surface area contributed by atoms with E-state index in [4.69, 9.17) is 4.74 Å². The zero-order valence-electron chi connectivity index (χ0n) is 16.2. The van der Waals surface area contributed by atoms with Gasteiger partial charge in [-0.2, -0.15) is 5.10 Å². The summed E-state index contributed by atoms with van der Waals surface area (Å²) in [5.74, 6) is -0.515. The van der Waals surface area contributed by atoms with Gasteiger partial charge in [-0.3, -0.25) is 9.59 Å². The number of nitrogens with zero attached hydrogens (tertiary/aromatic N) is 2. The summed E-state index contributed by atoms with van der Waals surface area (Å²) in [6.45, 7) is 4.80. The number of carbonyl (C=O) groups is 2. The molecule has 1 aromatic carbocycles. The molecule has 0 spiro atoms. The summed E-state index contributed by atoms with van der Waals surface area (Å²) in [4.78, 5) is 24.8. The van der Waals surface area contributed by atoms with Gasteiger partial charge in [-0.15, -0.1) is 0 Å². The average Bonchev–Trinajstić information content (AvgIpc) is 2.94. The number of hydrogen-bond acceptors (Lipinski definition) is 6. The maximum absolute atomic E-state index is 13.1. The molecule has 0 unspecified atom stereocenters. The zero-order chi connectivity index (χ0) is 20.5. The number of ether oxygens (including phenoxy) is 1. The van der Waals surface area contributed by atoms with Crippen LogP contribution in [0.2, 0.25) is 0 Å². The number of hydrogen-bond donors (Lipinski definition) is 1. The number of nitrogens with one attached hydrogen (secondary N) is 1. The number of amides is 1. The fourth-order valence-corrected chi connectivity index (χ4v) is 4.32. The number of aromatic nitrogens is 2. The Hall–Kier alpha value is -2.68. The Bertz CT molecular complexity index is 1020. The molecule has 27 heavy (non-hydrogen) atoms. The maximum atomic E-state index is 13.1. The standard InChI is InChI=1S/C18H23N3O5S/c1-10-7-13(11(2)12(3)17(10)27(6,24)25)16(23)14-8-20-21(5)18(14)26-9-15(22)19-4/h7-8H,9H2,1-6H3,(H,19,22). The Morgan fingerprint density at radius 1 is 1.19 bits per heavy atom. The quantitative estimate of drug-likeness (QED) is 0.737. The van der Waals surface area contributed by atoms with Gasteiger partial charge in [-0.1, -0.05) is 0 Å². The van der Waals surface area contributed by atoms with Crippen LogP contribution in [0.3, 0.4) is 0 Å². The van der Waals surface area contributed by atoms with E-state index >= 15 is 0 Å². The van der Waals surface area contributed by atoms with Gasteiger partial charge >= 0.3 is 0 Å². The lowest BCUT2D eigenvalue weighted by atomic mass is 9.95. The minimum absolute atomic E-state index is 0.172. The second-order valence-electron chi connectivity index (χ2n) is 6.37. The fourth-order valence-electron chi connectivity index (χ4n) is 2.97. The Balaban J connectivity index is 2.53. The highest BCUT2D eigenvalue weighted by molar-refractivity contribution is 7.90. The van der Waals surface area contributed by atoms with Gasteiger partial charge in [0.25, 0.3) is 5.91 Å². The average molecular weight is 393 g/mol. The first-order valence-electron chi connectivity index (χ1n) is 8.20. The SMILES string of the molecule is CNC(=O)COc1c(C(=O)c2cc(C)c(S(C)(=O)=O)c(C)c2C)cnn1C. The summed E-state index contributed by atoms with van der Waals surface area (Å²) >= 11 is 0. The van der Waals surface area contributed by atoms with Crippen LogP contribution in [0.4, 0.5) is 0 Å². The highest BCUT2D eigenvalue weighted by Crippen LogP contribution is 2.29. The molecule has 0 fully saturated rings. The van der Waals surface area contributed by atoms with Crippen LogP contribution in [0.15, 0.2) is 17.2 Å². The molecule has 0 aliphatic rings. The van der Waals surface area contributed by atoms with Crippen LogP contribution < -0.4 is 10.1 Å². The van der Waals surface area contributed by atoms with Crippen molar-refractivity contribution in [2.45, 2.75) is 25.7 Å². The van der Waals surface area contributed by atoms with Gasteiger partial charge in [-0.25, -0.2) is 13.1 Å². The molecular weight excluding hydrogens is 370 g/mol. The smallest absolute Gasteiger partial charge is 0.257 e. The molecule has 146 valence electrons. The third kappa shape index (κ3) is 4.02. The van der Waals surface area contributed by atoms with Crippen molar-refractivity contribution in [2.75, 3.05) is 19.9 Å². The highest BCUT2D eigenvalue weighted by atomic mass is 32.2. The minimum Gasteiger partial charge on any atom is -0.467 e. The molecule has 1 aromatic heterocycles. The maximum Gasteiger partial charge on any atom is 0.257 e. The Morgan fingerprint density at radius 3 is 2.37 bits per heavy atom. The number of likely N-dealkylation sites (N-methyl/N-ethyl adjacent to an activating group) is 1. The zero-order valence-corrected chi connectivity index (χ0v) is 17.0.